The maximum absolute atomic E-state index is 6.41. The summed E-state index contributed by atoms with van der Waals surface area (Å²) in [7, 11) is 0. The molecule has 3 nitrogen and oxygen atoms in total. The monoisotopic (exact) mass is 295 g/mol. The number of fused-ring (bicyclic) bond motifs is 1. The van der Waals surface area contributed by atoms with Crippen LogP contribution in [0.25, 0.3) is 0 Å². The Bertz CT molecular complexity index is 495. The molecule has 1 unspecified atom stereocenters. The Hall–Kier alpha value is -0.930. The van der Waals surface area contributed by atoms with Crippen molar-refractivity contribution in [3.63, 3.8) is 0 Å². The Morgan fingerprint density at radius 2 is 2.05 bits per heavy atom. The van der Waals surface area contributed by atoms with Gasteiger partial charge in [0.25, 0.3) is 0 Å². The first-order valence-electron chi connectivity index (χ1n) is 7.35. The summed E-state index contributed by atoms with van der Waals surface area (Å²) in [6.07, 6.45) is 2.41. The molecule has 3 rings (SSSR count). The van der Waals surface area contributed by atoms with Crippen LogP contribution in [0.3, 0.4) is 0 Å². The smallest absolute Gasteiger partial charge is 0.179 e. The Morgan fingerprint density at radius 1 is 1.25 bits per heavy atom. The molecule has 1 aromatic carbocycles. The lowest BCUT2D eigenvalue weighted by atomic mass is 9.91. The number of piperidine rings is 1. The fourth-order valence-electron chi connectivity index (χ4n) is 2.79. The van der Waals surface area contributed by atoms with Crippen molar-refractivity contribution in [2.75, 3.05) is 26.3 Å². The number of nitrogens with one attached hydrogen (secondary N) is 1. The molecule has 0 saturated carbocycles. The predicted molar refractivity (Wildman–Crippen MR) is 81.1 cm³/mol. The van der Waals surface area contributed by atoms with Gasteiger partial charge in [0.1, 0.15) is 0 Å². The highest BCUT2D eigenvalue weighted by Gasteiger charge is 2.28. The highest BCUT2D eigenvalue weighted by Crippen LogP contribution is 2.42. The largest absolute Gasteiger partial charge is 0.489 e. The van der Waals surface area contributed by atoms with E-state index in [0.29, 0.717) is 29.9 Å². The van der Waals surface area contributed by atoms with Crippen LogP contribution in [-0.4, -0.2) is 26.3 Å². The molecule has 0 aromatic heterocycles. The molecular formula is C16H22ClNO2. The molecule has 1 N–H and O–H groups in total. The van der Waals surface area contributed by atoms with E-state index in [9.17, 15) is 0 Å². The van der Waals surface area contributed by atoms with Gasteiger partial charge < -0.3 is 14.8 Å². The Kier molecular flexibility index (Phi) is 3.83. The van der Waals surface area contributed by atoms with Gasteiger partial charge in [-0.3, -0.25) is 0 Å². The molecule has 110 valence electrons. The summed E-state index contributed by atoms with van der Waals surface area (Å²) >= 11 is 6.41. The van der Waals surface area contributed by atoms with Gasteiger partial charge in [-0.05, 0) is 43.0 Å². The minimum atomic E-state index is 0.00884. The van der Waals surface area contributed by atoms with Gasteiger partial charge in [-0.2, -0.15) is 0 Å². The van der Waals surface area contributed by atoms with E-state index < -0.39 is 0 Å². The molecule has 1 aromatic rings. The number of ether oxygens (including phenoxy) is 2. The molecule has 0 bridgehead atoms. The van der Waals surface area contributed by atoms with Crippen molar-refractivity contribution in [1.82, 2.24) is 5.32 Å². The molecule has 1 atom stereocenters. The molecule has 20 heavy (non-hydrogen) atoms. The van der Waals surface area contributed by atoms with Crippen LogP contribution in [0.5, 0.6) is 11.5 Å². The third-order valence-electron chi connectivity index (χ3n) is 4.03. The van der Waals surface area contributed by atoms with Crippen LogP contribution < -0.4 is 14.8 Å². The third-order valence-corrected chi connectivity index (χ3v) is 4.31. The van der Waals surface area contributed by atoms with Crippen molar-refractivity contribution in [1.29, 1.82) is 0 Å². The molecule has 1 fully saturated rings. The van der Waals surface area contributed by atoms with Crippen LogP contribution in [0.15, 0.2) is 12.1 Å². The zero-order valence-corrected chi connectivity index (χ0v) is 12.9. The van der Waals surface area contributed by atoms with Gasteiger partial charge in [-0.25, -0.2) is 0 Å². The molecule has 0 radical (unpaired) electrons. The lowest BCUT2D eigenvalue weighted by molar-refractivity contribution is 0.140. The SMILES string of the molecule is CC1(C)COc2cc(C3CCCNC3)cc(Cl)c2OC1. The first kappa shape index (κ1) is 14.0. The maximum Gasteiger partial charge on any atom is 0.179 e. The lowest BCUT2D eigenvalue weighted by Gasteiger charge is -2.24. The van der Waals surface area contributed by atoms with E-state index in [1.54, 1.807) is 0 Å². The number of halogens is 1. The lowest BCUT2D eigenvalue weighted by Crippen LogP contribution is -2.28. The van der Waals surface area contributed by atoms with Gasteiger partial charge >= 0.3 is 0 Å². The average molecular weight is 296 g/mol. The molecule has 0 spiro atoms. The van der Waals surface area contributed by atoms with Crippen LogP contribution in [0.1, 0.15) is 38.2 Å². The van der Waals surface area contributed by atoms with Crippen LogP contribution in [0, 0.1) is 5.41 Å². The van der Waals surface area contributed by atoms with Gasteiger partial charge in [0, 0.05) is 12.0 Å². The topological polar surface area (TPSA) is 30.5 Å². The standard InChI is InChI=1S/C16H22ClNO2/c1-16(2)9-19-14-7-12(11-4-3-5-18-8-11)6-13(17)15(14)20-10-16/h6-7,11,18H,3-5,8-10H2,1-2H3. The second kappa shape index (κ2) is 5.45. The van der Waals surface area contributed by atoms with E-state index in [2.05, 4.69) is 25.2 Å². The Labute approximate surface area is 125 Å². The quantitative estimate of drug-likeness (QED) is 0.858. The number of rotatable bonds is 1. The molecule has 2 heterocycles. The van der Waals surface area contributed by atoms with Gasteiger partial charge in [-0.15, -0.1) is 0 Å². The molecule has 0 amide bonds. The fraction of sp³-hybridized carbons (Fsp3) is 0.625. The molecule has 2 aliphatic heterocycles. The molecular weight excluding hydrogens is 274 g/mol. The Balaban J connectivity index is 1.90. The van der Waals surface area contributed by atoms with Gasteiger partial charge in [0.05, 0.1) is 18.2 Å². The summed E-state index contributed by atoms with van der Waals surface area (Å²) in [6, 6.07) is 4.15. The van der Waals surface area contributed by atoms with Crippen molar-refractivity contribution >= 4 is 11.6 Å². The first-order valence-corrected chi connectivity index (χ1v) is 7.73. The number of benzene rings is 1. The van der Waals surface area contributed by atoms with Crippen molar-refractivity contribution < 1.29 is 9.47 Å². The number of hydrogen-bond acceptors (Lipinski definition) is 3. The maximum atomic E-state index is 6.41. The van der Waals surface area contributed by atoms with Crippen LogP contribution in [-0.2, 0) is 0 Å². The van der Waals surface area contributed by atoms with E-state index in [1.165, 1.54) is 18.4 Å². The van der Waals surface area contributed by atoms with Gasteiger partial charge in [0.2, 0.25) is 0 Å². The Morgan fingerprint density at radius 3 is 2.80 bits per heavy atom. The highest BCUT2D eigenvalue weighted by atomic mass is 35.5. The zero-order chi connectivity index (χ0) is 14.2. The molecule has 2 aliphatic rings. The van der Waals surface area contributed by atoms with E-state index in [-0.39, 0.29) is 5.41 Å². The third kappa shape index (κ3) is 2.89. The molecule has 0 aliphatic carbocycles. The van der Waals surface area contributed by atoms with Crippen molar-refractivity contribution in [2.45, 2.75) is 32.6 Å². The zero-order valence-electron chi connectivity index (χ0n) is 12.2. The second-order valence-corrected chi connectivity index (χ2v) is 7.02. The van der Waals surface area contributed by atoms with Gasteiger partial charge in [-0.1, -0.05) is 25.4 Å². The van der Waals surface area contributed by atoms with Crippen molar-refractivity contribution in [3.8, 4) is 11.5 Å². The van der Waals surface area contributed by atoms with E-state index in [0.717, 1.165) is 18.8 Å². The van der Waals surface area contributed by atoms with Crippen LogP contribution in [0.4, 0.5) is 0 Å². The number of hydrogen-bond donors (Lipinski definition) is 1. The average Bonchev–Trinajstić information content (AvgIpc) is 2.59. The predicted octanol–water partition coefficient (Wildman–Crippen LogP) is 3.60. The minimum absolute atomic E-state index is 0.00884. The summed E-state index contributed by atoms with van der Waals surface area (Å²) in [5.74, 6) is 2.01. The summed E-state index contributed by atoms with van der Waals surface area (Å²) in [6.45, 7) is 7.69. The van der Waals surface area contributed by atoms with Crippen LogP contribution in [0.2, 0.25) is 5.02 Å². The second-order valence-electron chi connectivity index (χ2n) is 6.61. The molecule has 4 heteroatoms. The first-order chi connectivity index (χ1) is 9.55. The highest BCUT2D eigenvalue weighted by molar-refractivity contribution is 6.32. The summed E-state index contributed by atoms with van der Waals surface area (Å²) in [4.78, 5) is 0. The fourth-order valence-corrected chi connectivity index (χ4v) is 3.06. The summed E-state index contributed by atoms with van der Waals surface area (Å²) < 4.78 is 11.8. The summed E-state index contributed by atoms with van der Waals surface area (Å²) in [5, 5.41) is 4.11. The van der Waals surface area contributed by atoms with E-state index in [4.69, 9.17) is 21.1 Å². The van der Waals surface area contributed by atoms with E-state index in [1.807, 2.05) is 6.07 Å². The van der Waals surface area contributed by atoms with Crippen molar-refractivity contribution in [2.24, 2.45) is 5.41 Å². The molecule has 1 saturated heterocycles. The van der Waals surface area contributed by atoms with E-state index >= 15 is 0 Å². The normalized spacial score (nSPS) is 25.1. The summed E-state index contributed by atoms with van der Waals surface area (Å²) in [5.41, 5.74) is 1.26. The van der Waals surface area contributed by atoms with Crippen molar-refractivity contribution in [3.05, 3.63) is 22.7 Å². The van der Waals surface area contributed by atoms with Crippen LogP contribution >= 0.6 is 11.6 Å². The minimum Gasteiger partial charge on any atom is -0.489 e. The van der Waals surface area contributed by atoms with Gasteiger partial charge in [0.15, 0.2) is 11.5 Å².